The monoisotopic (exact) mass is 411 g/mol. The van der Waals surface area contributed by atoms with Crippen LogP contribution in [-0.2, 0) is 30.3 Å². The highest BCUT2D eigenvalue weighted by Gasteiger charge is 2.47. The molecule has 6 heteroatoms. The van der Waals surface area contributed by atoms with Crippen molar-refractivity contribution in [3.63, 3.8) is 0 Å². The number of benzene rings is 1. The maximum atomic E-state index is 13.5. The second-order valence-electron chi connectivity index (χ2n) is 7.85. The first-order valence-corrected chi connectivity index (χ1v) is 10.4. The van der Waals surface area contributed by atoms with Gasteiger partial charge in [0, 0.05) is 22.9 Å². The maximum absolute atomic E-state index is 13.5. The summed E-state index contributed by atoms with van der Waals surface area (Å²) in [6.07, 6.45) is 1.42. The number of methoxy groups -OCH3 is 1. The van der Waals surface area contributed by atoms with Gasteiger partial charge in [-0.05, 0) is 43.7 Å². The quantitative estimate of drug-likeness (QED) is 0.591. The molecule has 3 atom stereocenters. The highest BCUT2D eigenvalue weighted by atomic mass is 16.5. The van der Waals surface area contributed by atoms with Gasteiger partial charge in [-0.25, -0.2) is 4.79 Å². The van der Waals surface area contributed by atoms with E-state index in [0.29, 0.717) is 23.3 Å². The van der Waals surface area contributed by atoms with Gasteiger partial charge in [0.15, 0.2) is 5.78 Å². The molecule has 30 heavy (non-hydrogen) atoms. The normalized spacial score (nSPS) is 23.6. The Morgan fingerprint density at radius 3 is 2.40 bits per heavy atom. The van der Waals surface area contributed by atoms with Gasteiger partial charge in [0.2, 0.25) is 0 Å². The number of allylic oxidation sites excluding steroid dienone is 3. The first kappa shape index (κ1) is 21.8. The van der Waals surface area contributed by atoms with Crippen molar-refractivity contribution in [2.75, 3.05) is 13.7 Å². The molecular weight excluding hydrogens is 382 g/mol. The summed E-state index contributed by atoms with van der Waals surface area (Å²) in [6.45, 7) is 7.75. The van der Waals surface area contributed by atoms with Gasteiger partial charge in [-0.1, -0.05) is 38.1 Å². The average Bonchev–Trinajstić information content (AvgIpc) is 2.72. The molecule has 1 aliphatic heterocycles. The summed E-state index contributed by atoms with van der Waals surface area (Å²) >= 11 is 0. The number of aryl methyl sites for hydroxylation is 1. The third kappa shape index (κ3) is 3.78. The third-order valence-corrected chi connectivity index (χ3v) is 5.96. The van der Waals surface area contributed by atoms with Gasteiger partial charge in [-0.3, -0.25) is 9.59 Å². The van der Waals surface area contributed by atoms with Gasteiger partial charge in [-0.2, -0.15) is 0 Å². The number of hydrogen-bond donors (Lipinski definition) is 1. The van der Waals surface area contributed by atoms with Crippen LogP contribution in [0.25, 0.3) is 0 Å². The lowest BCUT2D eigenvalue weighted by Gasteiger charge is -2.38. The number of Topliss-reactive ketones (excluding diaryl/α,β-unsaturated/α-hetero) is 1. The second kappa shape index (κ2) is 8.86. The van der Waals surface area contributed by atoms with Crippen molar-refractivity contribution in [1.82, 2.24) is 5.32 Å². The van der Waals surface area contributed by atoms with Crippen molar-refractivity contribution >= 4 is 17.7 Å². The third-order valence-electron chi connectivity index (χ3n) is 5.96. The lowest BCUT2D eigenvalue weighted by Crippen LogP contribution is -2.43. The second-order valence-corrected chi connectivity index (χ2v) is 7.85. The molecule has 0 unspecified atom stereocenters. The molecule has 1 heterocycles. The largest absolute Gasteiger partial charge is 0.468 e. The molecular formula is C24H29NO5. The molecule has 0 spiro atoms. The zero-order valence-electron chi connectivity index (χ0n) is 18.2. The molecule has 0 fully saturated rings. The molecule has 1 aromatic carbocycles. The van der Waals surface area contributed by atoms with Crippen LogP contribution in [0, 0.1) is 11.8 Å². The van der Waals surface area contributed by atoms with Crippen LogP contribution in [0.1, 0.15) is 51.2 Å². The molecule has 0 bridgehead atoms. The Morgan fingerprint density at radius 2 is 1.83 bits per heavy atom. The number of ether oxygens (including phenoxy) is 2. The van der Waals surface area contributed by atoms with Gasteiger partial charge in [0.1, 0.15) is 5.92 Å². The molecule has 1 aliphatic carbocycles. The standard InChI is InChI=1S/C24H29NO5/c1-6-15-8-10-16(11-9-15)20-19(24(28)30-7-2)14(4)25-17-12-13(3)18(23(27)29-5)22(26)21(17)20/h8-11,13,18,20,25H,6-7,12H2,1-5H3/t13-,18+,20+/m1/s1. The number of nitrogens with one attached hydrogen (secondary N) is 1. The highest BCUT2D eigenvalue weighted by Crippen LogP contribution is 2.45. The molecule has 0 aromatic heterocycles. The number of esters is 2. The van der Waals surface area contributed by atoms with E-state index in [2.05, 4.69) is 12.2 Å². The zero-order chi connectivity index (χ0) is 22.0. The first-order chi connectivity index (χ1) is 14.3. The van der Waals surface area contributed by atoms with E-state index >= 15 is 0 Å². The van der Waals surface area contributed by atoms with Gasteiger partial charge in [-0.15, -0.1) is 0 Å². The van der Waals surface area contributed by atoms with E-state index in [1.165, 1.54) is 7.11 Å². The summed E-state index contributed by atoms with van der Waals surface area (Å²) in [5.74, 6) is -2.95. The molecule has 160 valence electrons. The van der Waals surface area contributed by atoms with Crippen molar-refractivity contribution < 1.29 is 23.9 Å². The average molecular weight is 411 g/mol. The van der Waals surface area contributed by atoms with Crippen molar-refractivity contribution in [2.24, 2.45) is 11.8 Å². The van der Waals surface area contributed by atoms with Crippen LogP contribution in [0.4, 0.5) is 0 Å². The minimum absolute atomic E-state index is 0.198. The lowest BCUT2D eigenvalue weighted by atomic mass is 9.69. The predicted octanol–water partition coefficient (Wildman–Crippen LogP) is 3.43. The molecule has 6 nitrogen and oxygen atoms in total. The van der Waals surface area contributed by atoms with Crippen molar-refractivity contribution in [3.8, 4) is 0 Å². The van der Waals surface area contributed by atoms with E-state index in [-0.39, 0.29) is 18.3 Å². The molecule has 0 radical (unpaired) electrons. The molecule has 0 saturated carbocycles. The number of carbonyl (C=O) groups is 3. The maximum Gasteiger partial charge on any atom is 0.336 e. The van der Waals surface area contributed by atoms with E-state index in [0.717, 1.165) is 23.2 Å². The van der Waals surface area contributed by atoms with Gasteiger partial charge < -0.3 is 14.8 Å². The lowest BCUT2D eigenvalue weighted by molar-refractivity contribution is -0.151. The number of ketones is 1. The predicted molar refractivity (Wildman–Crippen MR) is 112 cm³/mol. The Hall–Kier alpha value is -2.89. The van der Waals surface area contributed by atoms with Crippen LogP contribution in [-0.4, -0.2) is 31.4 Å². The van der Waals surface area contributed by atoms with E-state index in [1.54, 1.807) is 6.92 Å². The fourth-order valence-corrected chi connectivity index (χ4v) is 4.44. The first-order valence-electron chi connectivity index (χ1n) is 10.4. The van der Waals surface area contributed by atoms with Crippen LogP contribution in [0.3, 0.4) is 0 Å². The molecule has 1 aromatic rings. The van der Waals surface area contributed by atoms with Crippen molar-refractivity contribution in [2.45, 2.75) is 46.5 Å². The van der Waals surface area contributed by atoms with Crippen LogP contribution in [0.5, 0.6) is 0 Å². The summed E-state index contributed by atoms with van der Waals surface area (Å²) in [7, 11) is 1.29. The van der Waals surface area contributed by atoms with E-state index in [1.807, 2.05) is 38.1 Å². The summed E-state index contributed by atoms with van der Waals surface area (Å²) < 4.78 is 10.2. The summed E-state index contributed by atoms with van der Waals surface area (Å²) in [6, 6.07) is 7.90. The molecule has 2 aliphatic rings. The minimum Gasteiger partial charge on any atom is -0.468 e. The fourth-order valence-electron chi connectivity index (χ4n) is 4.44. The Bertz CT molecular complexity index is 925. The number of rotatable bonds is 5. The Labute approximate surface area is 177 Å². The topological polar surface area (TPSA) is 81.7 Å². The summed E-state index contributed by atoms with van der Waals surface area (Å²) in [5.41, 5.74) is 4.30. The highest BCUT2D eigenvalue weighted by molar-refractivity contribution is 6.12. The van der Waals surface area contributed by atoms with E-state index in [4.69, 9.17) is 9.47 Å². The van der Waals surface area contributed by atoms with E-state index < -0.39 is 23.8 Å². The van der Waals surface area contributed by atoms with Crippen LogP contribution in [0.15, 0.2) is 46.8 Å². The van der Waals surface area contributed by atoms with Crippen molar-refractivity contribution in [3.05, 3.63) is 57.9 Å². The van der Waals surface area contributed by atoms with Gasteiger partial charge in [0.05, 0.1) is 19.3 Å². The molecule has 0 saturated heterocycles. The minimum atomic E-state index is -0.880. The zero-order valence-corrected chi connectivity index (χ0v) is 18.2. The smallest absolute Gasteiger partial charge is 0.336 e. The van der Waals surface area contributed by atoms with Crippen LogP contribution in [0.2, 0.25) is 0 Å². The van der Waals surface area contributed by atoms with Crippen molar-refractivity contribution in [1.29, 1.82) is 0 Å². The number of carbonyl (C=O) groups excluding carboxylic acids is 3. The molecule has 0 amide bonds. The Balaban J connectivity index is 2.17. The molecule has 1 N–H and O–H groups in total. The van der Waals surface area contributed by atoms with Gasteiger partial charge in [0.25, 0.3) is 0 Å². The Kier molecular flexibility index (Phi) is 6.44. The van der Waals surface area contributed by atoms with Crippen LogP contribution >= 0.6 is 0 Å². The van der Waals surface area contributed by atoms with Gasteiger partial charge >= 0.3 is 11.9 Å². The summed E-state index contributed by atoms with van der Waals surface area (Å²) in [4.78, 5) is 38.8. The number of hydrogen-bond acceptors (Lipinski definition) is 6. The van der Waals surface area contributed by atoms with E-state index in [9.17, 15) is 14.4 Å². The number of dihydropyridines is 1. The summed E-state index contributed by atoms with van der Waals surface area (Å²) in [5, 5.41) is 3.25. The van der Waals surface area contributed by atoms with Crippen LogP contribution < -0.4 is 5.32 Å². The fraction of sp³-hybridized carbons (Fsp3) is 0.458. The SMILES string of the molecule is CCOC(=O)C1=C(C)NC2=C(C(=O)[C@@H](C(=O)OC)[C@H](C)C2)[C@H]1c1ccc(CC)cc1. The Morgan fingerprint density at radius 1 is 1.17 bits per heavy atom. The molecule has 3 rings (SSSR count).